The number of carbonyl (C=O) groups excluding carboxylic acids is 1. The molecule has 0 aliphatic carbocycles. The highest BCUT2D eigenvalue weighted by molar-refractivity contribution is 5.76. The molecule has 1 heterocycles. The first-order chi connectivity index (χ1) is 8.84. The van der Waals surface area contributed by atoms with Crippen molar-refractivity contribution in [3.05, 3.63) is 0 Å². The van der Waals surface area contributed by atoms with Crippen molar-refractivity contribution in [1.82, 2.24) is 10.6 Å². The number of rotatable bonds is 5. The molecule has 6 heteroatoms. The van der Waals surface area contributed by atoms with Gasteiger partial charge in [-0.3, -0.25) is 4.79 Å². The molecule has 0 spiro atoms. The zero-order valence-corrected chi connectivity index (χ0v) is 11.9. The van der Waals surface area contributed by atoms with Crippen molar-refractivity contribution in [3.8, 4) is 0 Å². The predicted octanol–water partition coefficient (Wildman–Crippen LogP) is 1.21. The monoisotopic (exact) mass is 272 g/mol. The largest absolute Gasteiger partial charge is 0.481 e. The lowest BCUT2D eigenvalue weighted by Gasteiger charge is -2.34. The van der Waals surface area contributed by atoms with E-state index in [1.54, 1.807) is 0 Å². The van der Waals surface area contributed by atoms with E-state index >= 15 is 0 Å². The van der Waals surface area contributed by atoms with Gasteiger partial charge in [-0.1, -0.05) is 13.8 Å². The molecule has 2 amide bonds. The maximum Gasteiger partial charge on any atom is 0.315 e. The molecule has 6 nitrogen and oxygen atoms in total. The number of hydrogen-bond donors (Lipinski definition) is 3. The van der Waals surface area contributed by atoms with E-state index in [1.165, 1.54) is 0 Å². The van der Waals surface area contributed by atoms with E-state index in [9.17, 15) is 9.59 Å². The molecular formula is C13H24N2O4. The van der Waals surface area contributed by atoms with Crippen LogP contribution in [-0.4, -0.2) is 42.4 Å². The van der Waals surface area contributed by atoms with Gasteiger partial charge < -0.3 is 20.5 Å². The second kappa shape index (κ2) is 6.75. The molecule has 0 radical (unpaired) electrons. The topological polar surface area (TPSA) is 87.7 Å². The summed E-state index contributed by atoms with van der Waals surface area (Å²) in [5.41, 5.74) is -0.265. The fourth-order valence-corrected chi connectivity index (χ4v) is 2.08. The van der Waals surface area contributed by atoms with Crippen molar-refractivity contribution in [2.45, 2.75) is 39.2 Å². The molecule has 110 valence electrons. The van der Waals surface area contributed by atoms with Crippen LogP contribution in [0.1, 0.15) is 33.6 Å². The molecule has 0 aromatic rings. The lowest BCUT2D eigenvalue weighted by molar-refractivity contribution is -0.142. The number of hydrogen-bond acceptors (Lipinski definition) is 3. The van der Waals surface area contributed by atoms with Crippen LogP contribution in [0.5, 0.6) is 0 Å². The van der Waals surface area contributed by atoms with Crippen molar-refractivity contribution >= 4 is 12.0 Å². The zero-order chi connectivity index (χ0) is 14.5. The minimum atomic E-state index is -0.882. The fourth-order valence-electron chi connectivity index (χ4n) is 2.08. The van der Waals surface area contributed by atoms with Gasteiger partial charge in [0.25, 0.3) is 0 Å². The lowest BCUT2D eigenvalue weighted by Crippen LogP contribution is -2.53. The van der Waals surface area contributed by atoms with Crippen LogP contribution in [0.3, 0.4) is 0 Å². The van der Waals surface area contributed by atoms with Crippen LogP contribution in [0.4, 0.5) is 4.79 Å². The number of nitrogens with one attached hydrogen (secondary N) is 2. The van der Waals surface area contributed by atoms with Gasteiger partial charge in [-0.2, -0.15) is 0 Å². The number of urea groups is 1. The molecule has 1 unspecified atom stereocenters. The molecule has 0 aromatic carbocycles. The van der Waals surface area contributed by atoms with Gasteiger partial charge in [-0.25, -0.2) is 4.79 Å². The van der Waals surface area contributed by atoms with Crippen LogP contribution in [0.15, 0.2) is 0 Å². The van der Waals surface area contributed by atoms with Gasteiger partial charge in [0.05, 0.1) is 5.92 Å². The first-order valence-corrected chi connectivity index (χ1v) is 6.70. The fraction of sp³-hybridized carbons (Fsp3) is 0.846. The normalized spacial score (nSPS) is 19.8. The van der Waals surface area contributed by atoms with Gasteiger partial charge in [0.2, 0.25) is 0 Å². The Morgan fingerprint density at radius 2 is 1.89 bits per heavy atom. The maximum atomic E-state index is 11.8. The molecule has 1 fully saturated rings. The summed E-state index contributed by atoms with van der Waals surface area (Å²) >= 11 is 0. The van der Waals surface area contributed by atoms with E-state index in [1.807, 2.05) is 20.8 Å². The zero-order valence-electron chi connectivity index (χ0n) is 11.9. The SMILES string of the molecule is CC(C)C(CNC(=O)NC1(C)CCOCC1)C(=O)O. The average Bonchev–Trinajstić information content (AvgIpc) is 2.28. The summed E-state index contributed by atoms with van der Waals surface area (Å²) in [6, 6.07) is -0.309. The number of amides is 2. The summed E-state index contributed by atoms with van der Waals surface area (Å²) in [5, 5.41) is 14.6. The minimum Gasteiger partial charge on any atom is -0.481 e. The molecule has 1 aliphatic heterocycles. The van der Waals surface area contributed by atoms with Crippen LogP contribution in [0.25, 0.3) is 0 Å². The van der Waals surface area contributed by atoms with E-state index in [0.29, 0.717) is 13.2 Å². The highest BCUT2D eigenvalue weighted by atomic mass is 16.5. The minimum absolute atomic E-state index is 0.0172. The van der Waals surface area contributed by atoms with E-state index in [-0.39, 0.29) is 24.0 Å². The summed E-state index contributed by atoms with van der Waals surface area (Å²) in [4.78, 5) is 22.8. The molecule has 1 atom stereocenters. The number of carboxylic acid groups (broad SMARTS) is 1. The van der Waals surface area contributed by atoms with E-state index in [0.717, 1.165) is 12.8 Å². The van der Waals surface area contributed by atoms with Crippen LogP contribution < -0.4 is 10.6 Å². The Bertz CT molecular complexity index is 325. The van der Waals surface area contributed by atoms with Gasteiger partial charge in [0.15, 0.2) is 0 Å². The number of aliphatic carboxylic acids is 1. The maximum absolute atomic E-state index is 11.8. The molecule has 0 aromatic heterocycles. The van der Waals surface area contributed by atoms with Crippen LogP contribution in [-0.2, 0) is 9.53 Å². The third-order valence-corrected chi connectivity index (χ3v) is 3.62. The molecule has 1 saturated heterocycles. The van der Waals surface area contributed by atoms with Gasteiger partial charge in [-0.15, -0.1) is 0 Å². The molecular weight excluding hydrogens is 248 g/mol. The molecule has 0 bridgehead atoms. The van der Waals surface area contributed by atoms with Crippen LogP contribution in [0, 0.1) is 11.8 Å². The Morgan fingerprint density at radius 1 is 1.32 bits per heavy atom. The number of carboxylic acids is 1. The molecule has 3 N–H and O–H groups in total. The molecule has 1 rings (SSSR count). The average molecular weight is 272 g/mol. The Hall–Kier alpha value is -1.30. The highest BCUT2D eigenvalue weighted by Crippen LogP contribution is 2.19. The molecule has 0 saturated carbocycles. The first-order valence-electron chi connectivity index (χ1n) is 6.70. The number of ether oxygens (including phenoxy) is 1. The predicted molar refractivity (Wildman–Crippen MR) is 71.0 cm³/mol. The third kappa shape index (κ3) is 5.06. The van der Waals surface area contributed by atoms with Crippen molar-refractivity contribution in [1.29, 1.82) is 0 Å². The van der Waals surface area contributed by atoms with Gasteiger partial charge in [-0.05, 0) is 25.7 Å². The summed E-state index contributed by atoms with van der Waals surface area (Å²) in [7, 11) is 0. The van der Waals surface area contributed by atoms with Crippen molar-refractivity contribution < 1.29 is 19.4 Å². The van der Waals surface area contributed by atoms with Gasteiger partial charge in [0, 0.05) is 25.3 Å². The van der Waals surface area contributed by atoms with Crippen molar-refractivity contribution in [2.75, 3.05) is 19.8 Å². The smallest absolute Gasteiger partial charge is 0.315 e. The van der Waals surface area contributed by atoms with Crippen LogP contribution >= 0.6 is 0 Å². The van der Waals surface area contributed by atoms with Crippen molar-refractivity contribution in [3.63, 3.8) is 0 Å². The number of carbonyl (C=O) groups is 2. The van der Waals surface area contributed by atoms with E-state index in [4.69, 9.17) is 9.84 Å². The van der Waals surface area contributed by atoms with Gasteiger partial charge >= 0.3 is 12.0 Å². The van der Waals surface area contributed by atoms with Gasteiger partial charge in [0.1, 0.15) is 0 Å². The van der Waals surface area contributed by atoms with Crippen molar-refractivity contribution in [2.24, 2.45) is 11.8 Å². The summed E-state index contributed by atoms with van der Waals surface area (Å²) < 4.78 is 5.26. The first kappa shape index (κ1) is 15.8. The molecule has 1 aliphatic rings. The Balaban J connectivity index is 2.40. The summed E-state index contributed by atoms with van der Waals surface area (Å²) in [5.74, 6) is -1.46. The van der Waals surface area contributed by atoms with Crippen LogP contribution in [0.2, 0.25) is 0 Å². The quantitative estimate of drug-likeness (QED) is 0.702. The third-order valence-electron chi connectivity index (χ3n) is 3.62. The Morgan fingerprint density at radius 3 is 2.37 bits per heavy atom. The second-order valence-electron chi connectivity index (χ2n) is 5.70. The highest BCUT2D eigenvalue weighted by Gasteiger charge is 2.29. The Kier molecular flexibility index (Phi) is 5.60. The van der Waals surface area contributed by atoms with E-state index in [2.05, 4.69) is 10.6 Å². The molecule has 19 heavy (non-hydrogen) atoms. The summed E-state index contributed by atoms with van der Waals surface area (Å²) in [6.45, 7) is 7.06. The lowest BCUT2D eigenvalue weighted by atomic mass is 9.93. The summed E-state index contributed by atoms with van der Waals surface area (Å²) in [6.07, 6.45) is 1.54. The standard InChI is InChI=1S/C13H24N2O4/c1-9(2)10(11(16)17)8-14-12(18)15-13(3)4-6-19-7-5-13/h9-10H,4-8H2,1-3H3,(H,16,17)(H2,14,15,18). The Labute approximate surface area is 113 Å². The van der Waals surface area contributed by atoms with E-state index < -0.39 is 11.9 Å². The second-order valence-corrected chi connectivity index (χ2v) is 5.70.